The van der Waals surface area contributed by atoms with Crippen molar-refractivity contribution in [3.8, 4) is 0 Å². The molecule has 0 spiro atoms. The van der Waals surface area contributed by atoms with Crippen LogP contribution < -0.4 is 5.32 Å². The van der Waals surface area contributed by atoms with Crippen molar-refractivity contribution in [2.45, 2.75) is 64.4 Å². The Morgan fingerprint density at radius 3 is 2.38 bits per heavy atom. The van der Waals surface area contributed by atoms with Gasteiger partial charge in [-0.1, -0.05) is 63.3 Å². The molecule has 0 bridgehead atoms. The van der Waals surface area contributed by atoms with E-state index in [1.54, 1.807) is 0 Å². The number of rotatable bonds is 6. The first-order valence-corrected chi connectivity index (χ1v) is 11.9. The Kier molecular flexibility index (Phi) is 5.67. The highest BCUT2D eigenvalue weighted by atomic mass is 32.1. The van der Waals surface area contributed by atoms with Gasteiger partial charge >= 0.3 is 0 Å². The van der Waals surface area contributed by atoms with Crippen molar-refractivity contribution >= 4 is 31.3 Å². The molecule has 1 aromatic rings. The SMILES string of the molecule is C[C@H](O[Si](C)(C)C(C)(C)C)[C@@H]1C(=O)N[C@@H]1CC(=S)c1ccccc1. The normalized spacial score (nSPS) is 22.5. The van der Waals surface area contributed by atoms with E-state index in [1.807, 2.05) is 37.3 Å². The number of nitrogens with one attached hydrogen (secondary N) is 1. The van der Waals surface area contributed by atoms with E-state index in [2.05, 4.69) is 39.2 Å². The fourth-order valence-electron chi connectivity index (χ4n) is 2.83. The molecule has 2 rings (SSSR count). The van der Waals surface area contributed by atoms with Crippen LogP contribution in [-0.4, -0.2) is 31.2 Å². The van der Waals surface area contributed by atoms with Gasteiger partial charge in [0.2, 0.25) is 5.91 Å². The minimum Gasteiger partial charge on any atom is -0.413 e. The second-order valence-corrected chi connectivity index (χ2v) is 13.5. The van der Waals surface area contributed by atoms with Crippen LogP contribution in [0.5, 0.6) is 0 Å². The van der Waals surface area contributed by atoms with E-state index in [0.717, 1.165) is 10.4 Å². The molecule has 0 aromatic heterocycles. The van der Waals surface area contributed by atoms with Crippen molar-refractivity contribution in [1.29, 1.82) is 0 Å². The Morgan fingerprint density at radius 1 is 1.29 bits per heavy atom. The second-order valence-electron chi connectivity index (χ2n) is 8.22. The van der Waals surface area contributed by atoms with Crippen LogP contribution in [0.4, 0.5) is 0 Å². The number of thiocarbonyl (C=S) groups is 1. The monoisotopic (exact) mass is 363 g/mol. The van der Waals surface area contributed by atoms with Gasteiger partial charge in [-0.3, -0.25) is 4.79 Å². The summed E-state index contributed by atoms with van der Waals surface area (Å²) in [6.07, 6.45) is 0.615. The lowest BCUT2D eigenvalue weighted by Crippen LogP contribution is -2.64. The summed E-state index contributed by atoms with van der Waals surface area (Å²) in [5.74, 6) is -0.0251. The van der Waals surface area contributed by atoms with Gasteiger partial charge in [0, 0.05) is 17.3 Å². The molecule has 1 aliphatic rings. The summed E-state index contributed by atoms with van der Waals surface area (Å²) < 4.78 is 6.43. The van der Waals surface area contributed by atoms with E-state index < -0.39 is 8.32 Å². The summed E-state index contributed by atoms with van der Waals surface area (Å²) in [5, 5.41) is 3.14. The zero-order valence-electron chi connectivity index (χ0n) is 15.6. The van der Waals surface area contributed by atoms with Gasteiger partial charge in [0.05, 0.1) is 12.0 Å². The average molecular weight is 364 g/mol. The summed E-state index contributed by atoms with van der Waals surface area (Å²) in [6, 6.07) is 10.1. The molecule has 1 amide bonds. The number of carbonyl (C=O) groups excluding carboxylic acids is 1. The summed E-state index contributed by atoms with van der Waals surface area (Å²) in [5.41, 5.74) is 1.06. The molecular formula is C19H29NO2SSi. The smallest absolute Gasteiger partial charge is 0.228 e. The molecule has 3 nitrogen and oxygen atoms in total. The zero-order valence-corrected chi connectivity index (χ0v) is 17.4. The number of benzene rings is 1. The Labute approximate surface area is 152 Å². The van der Waals surface area contributed by atoms with E-state index in [0.29, 0.717) is 6.42 Å². The highest BCUT2D eigenvalue weighted by molar-refractivity contribution is 7.80. The van der Waals surface area contributed by atoms with Gasteiger partial charge in [-0.05, 0) is 30.6 Å². The van der Waals surface area contributed by atoms with Crippen molar-refractivity contribution in [3.05, 3.63) is 35.9 Å². The highest BCUT2D eigenvalue weighted by Gasteiger charge is 2.47. The number of carbonyl (C=O) groups is 1. The molecule has 1 fully saturated rings. The van der Waals surface area contributed by atoms with E-state index >= 15 is 0 Å². The van der Waals surface area contributed by atoms with Gasteiger partial charge in [-0.25, -0.2) is 0 Å². The molecule has 0 radical (unpaired) electrons. The third kappa shape index (κ3) is 4.13. The first-order chi connectivity index (χ1) is 11.0. The molecule has 1 saturated heterocycles. The standard InChI is InChI=1S/C19H29NO2SSi/c1-13(22-24(5,6)19(2,3)4)17-15(20-18(17)21)12-16(23)14-10-8-7-9-11-14/h7-11,13,15,17H,12H2,1-6H3,(H,20,21)/t13-,15+,17-/m0/s1. The lowest BCUT2D eigenvalue weighted by molar-refractivity contribution is -0.139. The predicted molar refractivity (Wildman–Crippen MR) is 106 cm³/mol. The largest absolute Gasteiger partial charge is 0.413 e. The third-order valence-corrected chi connectivity index (χ3v) is 10.3. The zero-order chi connectivity index (χ0) is 18.1. The van der Waals surface area contributed by atoms with Crippen molar-refractivity contribution in [2.24, 2.45) is 5.92 Å². The molecule has 1 heterocycles. The molecular weight excluding hydrogens is 334 g/mol. The first-order valence-electron chi connectivity index (χ1n) is 8.59. The summed E-state index contributed by atoms with van der Waals surface area (Å²) in [4.78, 5) is 13.0. The quantitative estimate of drug-likeness (QED) is 0.354. The molecule has 0 saturated carbocycles. The van der Waals surface area contributed by atoms with Crippen LogP contribution in [0.2, 0.25) is 18.1 Å². The summed E-state index contributed by atoms with van der Waals surface area (Å²) in [6.45, 7) is 13.1. The fourth-order valence-corrected chi connectivity index (χ4v) is 4.58. The van der Waals surface area contributed by atoms with Crippen molar-refractivity contribution in [1.82, 2.24) is 5.32 Å². The Bertz CT molecular complexity index is 610. The van der Waals surface area contributed by atoms with Gasteiger partial charge in [-0.2, -0.15) is 0 Å². The van der Waals surface area contributed by atoms with Crippen LogP contribution in [-0.2, 0) is 9.22 Å². The number of hydrogen-bond acceptors (Lipinski definition) is 3. The number of hydrogen-bond donors (Lipinski definition) is 1. The molecule has 0 aliphatic carbocycles. The molecule has 3 atom stereocenters. The molecule has 132 valence electrons. The van der Waals surface area contributed by atoms with Crippen LogP contribution in [0.25, 0.3) is 0 Å². The minimum atomic E-state index is -1.89. The molecule has 0 unspecified atom stereocenters. The van der Waals surface area contributed by atoms with Gasteiger partial charge in [-0.15, -0.1) is 0 Å². The van der Waals surface area contributed by atoms with E-state index in [1.165, 1.54) is 0 Å². The average Bonchev–Trinajstić information content (AvgIpc) is 2.45. The van der Waals surface area contributed by atoms with Crippen LogP contribution in [0, 0.1) is 5.92 Å². The van der Waals surface area contributed by atoms with Crippen LogP contribution in [0.3, 0.4) is 0 Å². The van der Waals surface area contributed by atoms with E-state index in [-0.39, 0.29) is 29.0 Å². The predicted octanol–water partition coefficient (Wildman–Crippen LogP) is 4.32. The van der Waals surface area contributed by atoms with E-state index in [4.69, 9.17) is 16.6 Å². The van der Waals surface area contributed by atoms with Crippen molar-refractivity contribution < 1.29 is 9.22 Å². The molecule has 1 aromatic carbocycles. The Hall–Kier alpha value is -1.04. The Morgan fingerprint density at radius 2 is 1.88 bits per heavy atom. The molecule has 1 aliphatic heterocycles. The molecule has 1 N–H and O–H groups in total. The minimum absolute atomic E-state index is 0.0741. The first kappa shape index (κ1) is 19.3. The maximum atomic E-state index is 12.1. The topological polar surface area (TPSA) is 38.3 Å². The fraction of sp³-hybridized carbons (Fsp3) is 0.579. The maximum absolute atomic E-state index is 12.1. The van der Waals surface area contributed by atoms with Gasteiger partial charge in [0.15, 0.2) is 8.32 Å². The third-order valence-electron chi connectivity index (χ3n) is 5.36. The summed E-state index contributed by atoms with van der Waals surface area (Å²) >= 11 is 5.56. The van der Waals surface area contributed by atoms with Gasteiger partial charge in [0.1, 0.15) is 0 Å². The van der Waals surface area contributed by atoms with Crippen LogP contribution in [0.1, 0.15) is 39.7 Å². The molecule has 5 heteroatoms. The maximum Gasteiger partial charge on any atom is 0.228 e. The van der Waals surface area contributed by atoms with Gasteiger partial charge in [0.25, 0.3) is 0 Å². The summed E-state index contributed by atoms with van der Waals surface area (Å²) in [7, 11) is -1.89. The second kappa shape index (κ2) is 7.06. The van der Waals surface area contributed by atoms with E-state index in [9.17, 15) is 4.79 Å². The van der Waals surface area contributed by atoms with Crippen molar-refractivity contribution in [3.63, 3.8) is 0 Å². The van der Waals surface area contributed by atoms with Gasteiger partial charge < -0.3 is 9.74 Å². The Balaban J connectivity index is 2.02. The lowest BCUT2D eigenvalue weighted by atomic mass is 9.82. The number of amides is 1. The molecule has 24 heavy (non-hydrogen) atoms. The lowest BCUT2D eigenvalue weighted by Gasteiger charge is -2.45. The number of β-lactam (4-membered cyclic amide) rings is 1. The highest BCUT2D eigenvalue weighted by Crippen LogP contribution is 2.39. The van der Waals surface area contributed by atoms with Crippen LogP contribution in [0.15, 0.2) is 30.3 Å². The van der Waals surface area contributed by atoms with Crippen molar-refractivity contribution in [2.75, 3.05) is 0 Å². The van der Waals surface area contributed by atoms with Crippen LogP contribution >= 0.6 is 12.2 Å².